The number of nitrogens with one attached hydrogen (secondary N) is 1. The summed E-state index contributed by atoms with van der Waals surface area (Å²) in [6.07, 6.45) is 0. The first kappa shape index (κ1) is 16.3. The van der Waals surface area contributed by atoms with Crippen LogP contribution in [0.1, 0.15) is 0 Å². The van der Waals surface area contributed by atoms with Gasteiger partial charge < -0.3 is 0 Å². The van der Waals surface area contributed by atoms with E-state index in [1.54, 1.807) is 0 Å². The van der Waals surface area contributed by atoms with Crippen LogP contribution in [-0.2, 0) is 20.0 Å². The highest BCUT2D eigenvalue weighted by atomic mass is 32.2. The van der Waals surface area contributed by atoms with Crippen molar-refractivity contribution in [1.29, 1.82) is 0 Å². The third kappa shape index (κ3) is 3.59. The van der Waals surface area contributed by atoms with Crippen molar-refractivity contribution < 1.29 is 25.6 Å². The number of benzene rings is 2. The van der Waals surface area contributed by atoms with E-state index in [-0.39, 0.29) is 15.5 Å². The van der Waals surface area contributed by atoms with Gasteiger partial charge in [0.2, 0.25) is 10.0 Å². The summed E-state index contributed by atoms with van der Waals surface area (Å²) in [6, 6.07) is 6.77. The van der Waals surface area contributed by atoms with Gasteiger partial charge in [0.05, 0.1) is 15.5 Å². The number of anilines is 1. The Morgan fingerprint density at radius 1 is 0.864 bits per heavy atom. The van der Waals surface area contributed by atoms with Crippen LogP contribution >= 0.6 is 0 Å². The van der Waals surface area contributed by atoms with Gasteiger partial charge in [-0.2, -0.15) is 0 Å². The van der Waals surface area contributed by atoms with Crippen molar-refractivity contribution in [3.8, 4) is 0 Å². The van der Waals surface area contributed by atoms with Crippen molar-refractivity contribution in [2.75, 3.05) is 4.72 Å². The molecule has 2 aromatic carbocycles. The summed E-state index contributed by atoms with van der Waals surface area (Å²) in [5.41, 5.74) is -0.208. The van der Waals surface area contributed by atoms with Crippen LogP contribution in [0.15, 0.2) is 52.3 Å². The second kappa shape index (κ2) is 5.63. The maximum absolute atomic E-state index is 13.1. The second-order valence-corrected chi connectivity index (χ2v) is 7.50. The molecule has 0 radical (unpaired) electrons. The highest BCUT2D eigenvalue weighted by Gasteiger charge is 2.18. The van der Waals surface area contributed by atoms with E-state index in [9.17, 15) is 25.6 Å². The summed E-state index contributed by atoms with van der Waals surface area (Å²) in [6.45, 7) is 0. The minimum atomic E-state index is -4.18. The summed E-state index contributed by atoms with van der Waals surface area (Å²) in [5, 5.41) is 4.92. The molecule has 0 bridgehead atoms. The summed E-state index contributed by atoms with van der Waals surface area (Å²) >= 11 is 0. The fraction of sp³-hybridized carbons (Fsp3) is 0. The lowest BCUT2D eigenvalue weighted by molar-refractivity contribution is 0.509. The summed E-state index contributed by atoms with van der Waals surface area (Å²) in [5.74, 6) is -2.35. The first-order valence-electron chi connectivity index (χ1n) is 5.70. The van der Waals surface area contributed by atoms with Crippen molar-refractivity contribution in [2.24, 2.45) is 5.14 Å². The zero-order chi connectivity index (χ0) is 16.5. The Hall–Kier alpha value is -2.04. The van der Waals surface area contributed by atoms with Crippen molar-refractivity contribution in [1.82, 2.24) is 0 Å². The predicted octanol–water partition coefficient (Wildman–Crippen LogP) is 1.41. The molecule has 6 nitrogen and oxygen atoms in total. The van der Waals surface area contributed by atoms with Crippen LogP contribution in [-0.4, -0.2) is 16.8 Å². The third-order valence-electron chi connectivity index (χ3n) is 2.62. The van der Waals surface area contributed by atoms with E-state index in [4.69, 9.17) is 5.14 Å². The van der Waals surface area contributed by atoms with Gasteiger partial charge in [0.15, 0.2) is 11.6 Å². The largest absolute Gasteiger partial charge is 0.280 e. The van der Waals surface area contributed by atoms with Gasteiger partial charge in [-0.3, -0.25) is 4.72 Å². The normalized spacial score (nSPS) is 12.1. The third-order valence-corrected chi connectivity index (χ3v) is 4.91. The quantitative estimate of drug-likeness (QED) is 0.871. The van der Waals surface area contributed by atoms with Gasteiger partial charge in [0.25, 0.3) is 10.0 Å². The number of hydrogen-bond donors (Lipinski definition) is 2. The van der Waals surface area contributed by atoms with Crippen molar-refractivity contribution in [2.45, 2.75) is 9.79 Å². The van der Waals surface area contributed by atoms with Gasteiger partial charge >= 0.3 is 0 Å². The summed E-state index contributed by atoms with van der Waals surface area (Å²) in [7, 11) is -8.26. The SMILES string of the molecule is NS(=O)(=O)c1cccc(S(=O)(=O)Nc2ccc(F)c(F)c2)c1. The van der Waals surface area contributed by atoms with Gasteiger partial charge in [-0.25, -0.2) is 30.8 Å². The highest BCUT2D eigenvalue weighted by Crippen LogP contribution is 2.20. The van der Waals surface area contributed by atoms with Crippen LogP contribution in [0, 0.1) is 11.6 Å². The average Bonchev–Trinajstić information content (AvgIpc) is 2.42. The van der Waals surface area contributed by atoms with Crippen LogP contribution in [0.3, 0.4) is 0 Å². The Balaban J connectivity index is 2.40. The molecule has 0 aliphatic rings. The molecule has 3 N–H and O–H groups in total. The molecule has 10 heteroatoms. The molecule has 0 aliphatic carbocycles. The van der Waals surface area contributed by atoms with Gasteiger partial charge in [-0.05, 0) is 30.3 Å². The first-order valence-corrected chi connectivity index (χ1v) is 8.73. The number of nitrogens with two attached hydrogens (primary N) is 1. The lowest BCUT2D eigenvalue weighted by Crippen LogP contribution is -2.16. The molecule has 0 aromatic heterocycles. The average molecular weight is 348 g/mol. The molecular weight excluding hydrogens is 338 g/mol. The molecule has 0 fully saturated rings. The van der Waals surface area contributed by atoms with Crippen LogP contribution in [0.4, 0.5) is 14.5 Å². The Morgan fingerprint density at radius 3 is 2.09 bits per heavy atom. The zero-order valence-electron chi connectivity index (χ0n) is 10.8. The van der Waals surface area contributed by atoms with Gasteiger partial charge in [-0.15, -0.1) is 0 Å². The zero-order valence-corrected chi connectivity index (χ0v) is 12.5. The van der Waals surface area contributed by atoms with E-state index in [0.717, 1.165) is 30.3 Å². The minimum Gasteiger partial charge on any atom is -0.280 e. The number of primary sulfonamides is 1. The van der Waals surface area contributed by atoms with E-state index in [1.165, 1.54) is 6.07 Å². The fourth-order valence-corrected chi connectivity index (χ4v) is 3.32. The van der Waals surface area contributed by atoms with Gasteiger partial charge in [0.1, 0.15) is 0 Å². The Kier molecular flexibility index (Phi) is 4.18. The number of sulfonamides is 2. The van der Waals surface area contributed by atoms with Crippen molar-refractivity contribution >= 4 is 25.7 Å². The first-order chi connectivity index (χ1) is 10.1. The molecule has 2 rings (SSSR count). The van der Waals surface area contributed by atoms with Crippen LogP contribution in [0.2, 0.25) is 0 Å². The van der Waals surface area contributed by atoms with Crippen LogP contribution < -0.4 is 9.86 Å². The van der Waals surface area contributed by atoms with Crippen molar-refractivity contribution in [3.05, 3.63) is 54.1 Å². The fourth-order valence-electron chi connectivity index (χ4n) is 1.59. The standard InChI is InChI=1S/C12H10F2N2O4S2/c13-11-5-4-8(6-12(11)14)16-22(19,20)10-3-1-2-9(7-10)21(15,17)18/h1-7,16H,(H2,15,17,18). The molecule has 0 saturated heterocycles. The van der Waals surface area contributed by atoms with Crippen LogP contribution in [0.25, 0.3) is 0 Å². The highest BCUT2D eigenvalue weighted by molar-refractivity contribution is 7.93. The Labute approximate surface area is 125 Å². The molecule has 0 unspecified atom stereocenters. The van der Waals surface area contributed by atoms with Gasteiger partial charge in [-0.1, -0.05) is 6.07 Å². The van der Waals surface area contributed by atoms with E-state index in [1.807, 2.05) is 4.72 Å². The molecule has 0 atom stereocenters. The molecule has 0 aliphatic heterocycles. The second-order valence-electron chi connectivity index (χ2n) is 4.25. The smallest absolute Gasteiger partial charge is 0.261 e. The topological polar surface area (TPSA) is 106 Å². The number of halogens is 2. The Morgan fingerprint density at radius 2 is 1.50 bits per heavy atom. The minimum absolute atomic E-state index is 0.208. The maximum atomic E-state index is 13.1. The summed E-state index contributed by atoms with van der Waals surface area (Å²) < 4.78 is 74.6. The van der Waals surface area contributed by atoms with Gasteiger partial charge in [0, 0.05) is 6.07 Å². The monoisotopic (exact) mass is 348 g/mol. The molecular formula is C12H10F2N2O4S2. The van der Waals surface area contributed by atoms with E-state index < -0.39 is 31.7 Å². The molecule has 0 amide bonds. The molecule has 2 aromatic rings. The van der Waals surface area contributed by atoms with E-state index in [2.05, 4.69) is 0 Å². The predicted molar refractivity (Wildman–Crippen MR) is 75.0 cm³/mol. The van der Waals surface area contributed by atoms with Crippen LogP contribution in [0.5, 0.6) is 0 Å². The maximum Gasteiger partial charge on any atom is 0.261 e. The molecule has 0 saturated carbocycles. The lowest BCUT2D eigenvalue weighted by atomic mass is 10.3. The molecule has 0 heterocycles. The van der Waals surface area contributed by atoms with E-state index >= 15 is 0 Å². The molecule has 118 valence electrons. The number of rotatable bonds is 4. The molecule has 0 spiro atoms. The van der Waals surface area contributed by atoms with Crippen molar-refractivity contribution in [3.63, 3.8) is 0 Å². The molecule has 22 heavy (non-hydrogen) atoms. The summed E-state index contributed by atoms with van der Waals surface area (Å²) in [4.78, 5) is -0.774. The lowest BCUT2D eigenvalue weighted by Gasteiger charge is -2.09. The number of hydrogen-bond acceptors (Lipinski definition) is 4. The van der Waals surface area contributed by atoms with E-state index in [0.29, 0.717) is 6.07 Å². The Bertz CT molecular complexity index is 928.